The van der Waals surface area contributed by atoms with E-state index in [9.17, 15) is 5.11 Å². The third-order valence-corrected chi connectivity index (χ3v) is 5.94. The van der Waals surface area contributed by atoms with Crippen molar-refractivity contribution in [1.29, 1.82) is 0 Å². The third kappa shape index (κ3) is 1.83. The van der Waals surface area contributed by atoms with Crippen LogP contribution in [0.2, 0.25) is 0 Å². The molecule has 2 fully saturated rings. The Morgan fingerprint density at radius 3 is 3.17 bits per heavy atom. The van der Waals surface area contributed by atoms with Crippen molar-refractivity contribution in [2.45, 2.75) is 31.0 Å². The van der Waals surface area contributed by atoms with Crippen LogP contribution in [0.25, 0.3) is 0 Å². The van der Waals surface area contributed by atoms with Crippen LogP contribution in [-0.2, 0) is 0 Å². The maximum Gasteiger partial charge on any atom is 0.141 e. The van der Waals surface area contributed by atoms with E-state index < -0.39 is 6.10 Å². The van der Waals surface area contributed by atoms with Crippen molar-refractivity contribution in [3.8, 4) is 5.75 Å². The highest BCUT2D eigenvalue weighted by Gasteiger charge is 2.59. The van der Waals surface area contributed by atoms with E-state index in [1.54, 1.807) is 18.7 Å². The summed E-state index contributed by atoms with van der Waals surface area (Å²) in [5.74, 6) is 0.774. The molecule has 5 rings (SSSR count). The second kappa shape index (κ2) is 4.82. The average Bonchev–Trinajstić information content (AvgIpc) is 3.21. The molecule has 3 aliphatic rings. The highest BCUT2D eigenvalue weighted by molar-refractivity contribution is 5.39. The second-order valence-corrected chi connectivity index (χ2v) is 7.02. The predicted molar refractivity (Wildman–Crippen MR) is 83.2 cm³/mol. The maximum atomic E-state index is 11.2. The van der Waals surface area contributed by atoms with Gasteiger partial charge in [0.15, 0.2) is 0 Å². The first kappa shape index (κ1) is 13.6. The van der Waals surface area contributed by atoms with Gasteiger partial charge in [-0.1, -0.05) is 0 Å². The van der Waals surface area contributed by atoms with E-state index >= 15 is 0 Å². The number of ether oxygens (including phenoxy) is 1. The smallest absolute Gasteiger partial charge is 0.141 e. The Labute approximate surface area is 134 Å². The lowest BCUT2D eigenvalue weighted by Crippen LogP contribution is -2.54. The number of hydrogen-bond acceptors (Lipinski definition) is 5. The van der Waals surface area contributed by atoms with E-state index in [1.165, 1.54) is 0 Å². The average molecular weight is 312 g/mol. The molecule has 5 heteroatoms. The number of furan rings is 1. The van der Waals surface area contributed by atoms with Gasteiger partial charge in [0.2, 0.25) is 0 Å². The first-order chi connectivity index (χ1) is 11.3. The molecule has 0 radical (unpaired) electrons. The van der Waals surface area contributed by atoms with Gasteiger partial charge in [0.05, 0.1) is 24.3 Å². The van der Waals surface area contributed by atoms with Crippen LogP contribution in [0.5, 0.6) is 5.75 Å². The monoisotopic (exact) mass is 312 g/mol. The van der Waals surface area contributed by atoms with Crippen LogP contribution in [0.15, 0.2) is 41.3 Å². The van der Waals surface area contributed by atoms with Crippen molar-refractivity contribution in [3.63, 3.8) is 0 Å². The number of nitrogens with zero attached hydrogens (tertiary/aromatic N) is 2. The zero-order valence-corrected chi connectivity index (χ0v) is 12.9. The Morgan fingerprint density at radius 2 is 2.30 bits per heavy atom. The number of aliphatic hydroxyl groups is 1. The summed E-state index contributed by atoms with van der Waals surface area (Å²) in [6, 6.07) is 5.73. The highest BCUT2D eigenvalue weighted by Crippen LogP contribution is 2.58. The number of piperidine rings is 1. The van der Waals surface area contributed by atoms with Gasteiger partial charge >= 0.3 is 0 Å². The molecule has 0 amide bonds. The summed E-state index contributed by atoms with van der Waals surface area (Å²) in [5.41, 5.74) is 1.66. The molecule has 120 valence electrons. The summed E-state index contributed by atoms with van der Waals surface area (Å²) in [7, 11) is 0. The van der Waals surface area contributed by atoms with E-state index in [2.05, 4.69) is 9.88 Å². The molecule has 0 aromatic carbocycles. The predicted octanol–water partition coefficient (Wildman–Crippen LogP) is 2.35. The number of fused-ring (bicyclic) bond motifs is 2. The number of aromatic nitrogens is 1. The fraction of sp³-hybridized carbons (Fsp3) is 0.500. The Kier molecular flexibility index (Phi) is 2.85. The molecule has 3 unspecified atom stereocenters. The molecule has 5 nitrogen and oxygen atoms in total. The number of pyridine rings is 1. The number of rotatable bonds is 2. The lowest BCUT2D eigenvalue weighted by Gasteiger charge is -2.50. The van der Waals surface area contributed by atoms with Crippen molar-refractivity contribution >= 4 is 0 Å². The van der Waals surface area contributed by atoms with Gasteiger partial charge in [-0.3, -0.25) is 4.98 Å². The minimum absolute atomic E-state index is 0.0552. The zero-order chi connectivity index (χ0) is 15.4. The van der Waals surface area contributed by atoms with E-state index in [0.29, 0.717) is 0 Å². The lowest BCUT2D eigenvalue weighted by atomic mass is 9.63. The van der Waals surface area contributed by atoms with Gasteiger partial charge in [-0.05, 0) is 37.6 Å². The van der Waals surface area contributed by atoms with Gasteiger partial charge in [-0.2, -0.15) is 0 Å². The van der Waals surface area contributed by atoms with E-state index in [1.807, 2.05) is 18.2 Å². The Bertz CT molecular complexity index is 717. The van der Waals surface area contributed by atoms with Crippen LogP contribution in [0, 0.1) is 5.41 Å². The molecule has 0 aliphatic carbocycles. The quantitative estimate of drug-likeness (QED) is 0.922. The Morgan fingerprint density at radius 1 is 1.35 bits per heavy atom. The second-order valence-electron chi connectivity index (χ2n) is 7.02. The Hall–Kier alpha value is -1.85. The van der Waals surface area contributed by atoms with Crippen molar-refractivity contribution < 1.29 is 14.3 Å². The Balaban J connectivity index is 1.67. The fourth-order valence-electron chi connectivity index (χ4n) is 4.87. The lowest BCUT2D eigenvalue weighted by molar-refractivity contribution is -0.0598. The molecule has 2 saturated heterocycles. The minimum atomic E-state index is -0.619. The molecule has 1 N–H and O–H groups in total. The first-order valence-electron chi connectivity index (χ1n) is 8.32. The SMILES string of the molecule is OC(c1ccoc1)[C@H]1c2ncccc2O[C@H]2CCN3CCC21C3. The largest absolute Gasteiger partial charge is 0.488 e. The minimum Gasteiger partial charge on any atom is -0.488 e. The summed E-state index contributed by atoms with van der Waals surface area (Å²) in [6.07, 6.45) is 6.66. The van der Waals surface area contributed by atoms with E-state index in [0.717, 1.165) is 49.5 Å². The molecule has 1 spiro atoms. The third-order valence-electron chi connectivity index (χ3n) is 5.94. The van der Waals surface area contributed by atoms with Gasteiger partial charge in [-0.25, -0.2) is 0 Å². The van der Waals surface area contributed by atoms with E-state index in [4.69, 9.17) is 9.15 Å². The van der Waals surface area contributed by atoms with Crippen LogP contribution in [0.1, 0.15) is 36.1 Å². The molecule has 2 bridgehead atoms. The maximum absolute atomic E-state index is 11.2. The zero-order valence-electron chi connectivity index (χ0n) is 12.9. The van der Waals surface area contributed by atoms with Crippen molar-refractivity contribution in [2.75, 3.05) is 19.6 Å². The molecule has 5 heterocycles. The van der Waals surface area contributed by atoms with Crippen LogP contribution in [0.4, 0.5) is 0 Å². The summed E-state index contributed by atoms with van der Waals surface area (Å²) in [4.78, 5) is 7.09. The first-order valence-corrected chi connectivity index (χ1v) is 8.32. The van der Waals surface area contributed by atoms with E-state index in [-0.39, 0.29) is 17.4 Å². The van der Waals surface area contributed by atoms with Crippen LogP contribution < -0.4 is 4.74 Å². The molecule has 5 atom stereocenters. The van der Waals surface area contributed by atoms with Crippen molar-refractivity contribution in [3.05, 3.63) is 48.2 Å². The number of aliphatic hydroxyl groups excluding tert-OH is 1. The summed E-state index contributed by atoms with van der Waals surface area (Å²) < 4.78 is 11.5. The summed E-state index contributed by atoms with van der Waals surface area (Å²) >= 11 is 0. The molecule has 23 heavy (non-hydrogen) atoms. The van der Waals surface area contributed by atoms with Crippen LogP contribution in [0.3, 0.4) is 0 Å². The molecular formula is C18H20N2O3. The number of hydrogen-bond donors (Lipinski definition) is 1. The summed E-state index contributed by atoms with van der Waals surface area (Å²) in [6.45, 7) is 3.14. The van der Waals surface area contributed by atoms with Gasteiger partial charge < -0.3 is 19.2 Å². The van der Waals surface area contributed by atoms with Gasteiger partial charge in [0, 0.05) is 36.2 Å². The van der Waals surface area contributed by atoms with Crippen molar-refractivity contribution in [1.82, 2.24) is 9.88 Å². The fourth-order valence-corrected chi connectivity index (χ4v) is 4.87. The normalized spacial score (nSPS) is 36.0. The molecule has 2 aromatic heterocycles. The highest BCUT2D eigenvalue weighted by atomic mass is 16.5. The van der Waals surface area contributed by atoms with Crippen LogP contribution in [-0.4, -0.2) is 40.7 Å². The standard InChI is InChI=1S/C18H20N2O3/c21-17(12-4-9-22-10-12)15-16-13(2-1-6-19-16)23-14-3-7-20-8-5-18(14,15)11-20/h1-2,4,6,9-10,14-15,17,21H,3,5,7-8,11H2/t14-,15+,17?,18?/m0/s1. The molecule has 3 aliphatic heterocycles. The van der Waals surface area contributed by atoms with Gasteiger partial charge in [0.25, 0.3) is 0 Å². The van der Waals surface area contributed by atoms with Gasteiger partial charge in [-0.15, -0.1) is 0 Å². The molecule has 0 saturated carbocycles. The molecular weight excluding hydrogens is 292 g/mol. The summed E-state index contributed by atoms with van der Waals surface area (Å²) in [5, 5.41) is 11.2. The van der Waals surface area contributed by atoms with Crippen molar-refractivity contribution in [2.24, 2.45) is 5.41 Å². The topological polar surface area (TPSA) is 58.7 Å². The van der Waals surface area contributed by atoms with Gasteiger partial charge in [0.1, 0.15) is 11.9 Å². The molecule has 2 aromatic rings. The van der Waals surface area contributed by atoms with Crippen LogP contribution >= 0.6 is 0 Å².